The van der Waals surface area contributed by atoms with Crippen LogP contribution in [0.3, 0.4) is 0 Å². The van der Waals surface area contributed by atoms with Crippen molar-refractivity contribution < 1.29 is 29.3 Å². The molecule has 5 aromatic rings. The molecule has 0 spiro atoms. The Morgan fingerprint density at radius 3 is 2.17 bits per heavy atom. The Morgan fingerprint density at radius 2 is 1.57 bits per heavy atom. The van der Waals surface area contributed by atoms with E-state index >= 15 is 0 Å². The van der Waals surface area contributed by atoms with Crippen molar-refractivity contribution in [3.63, 3.8) is 0 Å². The van der Waals surface area contributed by atoms with Crippen molar-refractivity contribution in [3.05, 3.63) is 94.6 Å². The molecule has 0 N–H and O–H groups in total. The summed E-state index contributed by atoms with van der Waals surface area (Å²) in [5.41, 5.74) is 8.95. The van der Waals surface area contributed by atoms with Crippen LogP contribution in [-0.2, 0) is 41.1 Å². The fourth-order valence-corrected chi connectivity index (χ4v) is 6.67. The SMILES string of the molecule is CC(=O)/C=C(/C)[N-]C(C)C.CC(C)(C)c1cc(-c2nccc3c2oc2cc4c(cc23)C(C)(C)CCC4(C)C)[c-]c2ccccc12.[Ir]. The predicted molar refractivity (Wildman–Crippen MR) is 190 cm³/mol. The number of allylic oxidation sites excluding steroid dienone is 2. The summed E-state index contributed by atoms with van der Waals surface area (Å²) in [6.07, 6.45) is 5.84. The van der Waals surface area contributed by atoms with Gasteiger partial charge in [-0.3, -0.25) is 9.78 Å². The molecule has 2 heterocycles. The molecule has 245 valence electrons. The van der Waals surface area contributed by atoms with Gasteiger partial charge in [-0.25, -0.2) is 0 Å². The molecule has 46 heavy (non-hydrogen) atoms. The number of hydrogen-bond donors (Lipinski definition) is 0. The predicted octanol–water partition coefficient (Wildman–Crippen LogP) is 11.5. The van der Waals surface area contributed by atoms with Crippen molar-refractivity contribution in [1.29, 1.82) is 0 Å². The number of benzene rings is 3. The van der Waals surface area contributed by atoms with Crippen LogP contribution in [0.15, 0.2) is 70.9 Å². The summed E-state index contributed by atoms with van der Waals surface area (Å²) in [7, 11) is 0. The molecule has 6 rings (SSSR count). The first kappa shape index (κ1) is 35.6. The van der Waals surface area contributed by atoms with Gasteiger partial charge in [-0.05, 0) is 71.4 Å². The molecule has 0 bridgehead atoms. The molecule has 1 aliphatic carbocycles. The average Bonchev–Trinajstić information content (AvgIpc) is 3.31. The van der Waals surface area contributed by atoms with E-state index in [0.29, 0.717) is 0 Å². The maximum Gasteiger partial charge on any atom is 0.151 e. The van der Waals surface area contributed by atoms with Crippen molar-refractivity contribution in [1.82, 2.24) is 4.98 Å². The first-order chi connectivity index (χ1) is 21.0. The summed E-state index contributed by atoms with van der Waals surface area (Å²) in [6, 6.07) is 21.5. The first-order valence-corrected chi connectivity index (χ1v) is 16.2. The van der Waals surface area contributed by atoms with Gasteiger partial charge in [-0.2, -0.15) is 5.70 Å². The van der Waals surface area contributed by atoms with Crippen molar-refractivity contribution in [3.8, 4) is 11.3 Å². The van der Waals surface area contributed by atoms with Crippen LogP contribution >= 0.6 is 0 Å². The quantitative estimate of drug-likeness (QED) is 0.135. The van der Waals surface area contributed by atoms with Gasteiger partial charge >= 0.3 is 0 Å². The summed E-state index contributed by atoms with van der Waals surface area (Å²) in [4.78, 5) is 15.3. The van der Waals surface area contributed by atoms with Crippen molar-refractivity contribution in [2.45, 2.75) is 111 Å². The number of aromatic nitrogens is 1. The van der Waals surface area contributed by atoms with E-state index in [1.165, 1.54) is 47.2 Å². The molecule has 2 aromatic heterocycles. The van der Waals surface area contributed by atoms with Crippen molar-refractivity contribution in [2.75, 3.05) is 0 Å². The summed E-state index contributed by atoms with van der Waals surface area (Å²) < 4.78 is 6.62. The molecule has 0 unspecified atom stereocenters. The Kier molecular flexibility index (Phi) is 10.1. The second-order valence-electron chi connectivity index (χ2n) is 15.3. The number of ketones is 1. The molecule has 0 atom stereocenters. The third-order valence-corrected chi connectivity index (χ3v) is 9.07. The number of fused-ring (bicyclic) bond motifs is 5. The average molecular weight is 793 g/mol. The summed E-state index contributed by atoms with van der Waals surface area (Å²) in [5, 5.41) is 8.84. The Morgan fingerprint density at radius 1 is 0.935 bits per heavy atom. The van der Waals surface area contributed by atoms with Gasteiger partial charge in [0, 0.05) is 42.8 Å². The number of pyridine rings is 1. The van der Waals surface area contributed by atoms with Crippen molar-refractivity contribution in [2.24, 2.45) is 0 Å². The Bertz CT molecular complexity index is 1940. The second-order valence-corrected chi connectivity index (χ2v) is 15.3. The molecule has 1 aliphatic rings. The van der Waals surface area contributed by atoms with E-state index in [0.717, 1.165) is 38.9 Å². The first-order valence-electron chi connectivity index (χ1n) is 16.2. The Balaban J connectivity index is 0.000000381. The number of rotatable bonds is 4. The fourth-order valence-electron chi connectivity index (χ4n) is 6.67. The molecule has 5 heteroatoms. The number of hydrogen-bond acceptors (Lipinski definition) is 3. The zero-order valence-corrected chi connectivity index (χ0v) is 31.7. The second kappa shape index (κ2) is 13.1. The molecule has 0 aliphatic heterocycles. The maximum absolute atomic E-state index is 10.5. The number of carbonyl (C=O) groups is 1. The summed E-state index contributed by atoms with van der Waals surface area (Å²) in [5.74, 6) is 0.0573. The number of nitrogens with zero attached hydrogens (tertiary/aromatic N) is 2. The van der Waals surface area contributed by atoms with Crippen molar-refractivity contribution >= 4 is 38.5 Å². The Labute approximate surface area is 288 Å². The van der Waals surface area contributed by atoms with Crippen LogP contribution in [0.4, 0.5) is 0 Å². The summed E-state index contributed by atoms with van der Waals surface area (Å²) in [6.45, 7) is 23.6. The van der Waals surface area contributed by atoms with Gasteiger partial charge in [0.15, 0.2) is 5.78 Å². The molecule has 4 nitrogen and oxygen atoms in total. The number of carbonyl (C=O) groups excluding carboxylic acids is 1. The molecule has 1 radical (unpaired) electrons. The van der Waals surface area contributed by atoms with Gasteiger partial charge in [-0.15, -0.1) is 35.2 Å². The van der Waals surface area contributed by atoms with E-state index in [1.54, 1.807) is 6.08 Å². The van der Waals surface area contributed by atoms with Crippen LogP contribution in [0.25, 0.3) is 49.3 Å². The van der Waals surface area contributed by atoms with Gasteiger partial charge in [-0.1, -0.05) is 98.4 Å². The molecule has 3 aromatic carbocycles. The topological polar surface area (TPSA) is 57.2 Å². The maximum atomic E-state index is 10.5. The van der Waals surface area contributed by atoms with E-state index < -0.39 is 0 Å². The zero-order chi connectivity index (χ0) is 32.9. The van der Waals surface area contributed by atoms with Crippen LogP contribution in [0, 0.1) is 6.07 Å². The van der Waals surface area contributed by atoms with Crippen LogP contribution in [-0.4, -0.2) is 16.8 Å². The molecular formula is C41H48IrN2O2-2. The van der Waals surface area contributed by atoms with Crippen LogP contribution < -0.4 is 0 Å². The summed E-state index contributed by atoms with van der Waals surface area (Å²) >= 11 is 0. The normalized spacial score (nSPS) is 15.7. The standard InChI is InChI=1S/C33H34NO.C8H15NO.Ir/c1-31(2,3)25-17-21(16-20-10-8-9-11-22(20)25)29-30-23(12-15-34-29)24-18-26-27(19-28(24)35-30)33(6,7)14-13-32(26,4)5;1-6(2)9-7(3)5-8(4)10;/h8-12,15,17-19H,13-14H2,1-7H3;5-6H,1-4H3,(H,9,10);/q-1;;/p-1. The van der Waals surface area contributed by atoms with E-state index in [4.69, 9.17) is 9.40 Å². The van der Waals surface area contributed by atoms with Crippen LogP contribution in [0.1, 0.15) is 106 Å². The Hall–Kier alpha value is -3.27. The third-order valence-electron chi connectivity index (χ3n) is 9.07. The van der Waals surface area contributed by atoms with E-state index in [1.807, 2.05) is 27.0 Å². The molecule has 0 saturated heterocycles. The zero-order valence-electron chi connectivity index (χ0n) is 29.3. The van der Waals surface area contributed by atoms with Gasteiger partial charge in [0.1, 0.15) is 11.2 Å². The van der Waals surface area contributed by atoms with Gasteiger partial charge < -0.3 is 9.73 Å². The number of furan rings is 1. The minimum Gasteiger partial charge on any atom is -0.686 e. The van der Waals surface area contributed by atoms with Crippen LogP contribution in [0.5, 0.6) is 0 Å². The smallest absolute Gasteiger partial charge is 0.151 e. The minimum absolute atomic E-state index is 0. The minimum atomic E-state index is 0. The molecule has 0 fully saturated rings. The monoisotopic (exact) mass is 793 g/mol. The molecule has 0 saturated carbocycles. The van der Waals surface area contributed by atoms with E-state index in [9.17, 15) is 4.79 Å². The molecular weight excluding hydrogens is 745 g/mol. The van der Waals surface area contributed by atoms with E-state index in [2.05, 4.69) is 108 Å². The largest absolute Gasteiger partial charge is 0.686 e. The third kappa shape index (κ3) is 7.16. The van der Waals surface area contributed by atoms with Crippen LogP contribution in [0.2, 0.25) is 0 Å². The van der Waals surface area contributed by atoms with E-state index in [-0.39, 0.29) is 48.2 Å². The van der Waals surface area contributed by atoms with Gasteiger partial charge in [0.05, 0.1) is 0 Å². The fraction of sp³-hybridized carbons (Fsp3) is 0.415. The molecule has 0 amide bonds. The van der Waals surface area contributed by atoms with Gasteiger partial charge in [0.2, 0.25) is 0 Å². The van der Waals surface area contributed by atoms with Gasteiger partial charge in [0.25, 0.3) is 0 Å².